The molecule has 11 nitrogen and oxygen atoms in total. The molecule has 11 heteroatoms. The molecule has 0 aliphatic heterocycles. The van der Waals surface area contributed by atoms with Crippen molar-refractivity contribution >= 4 is 34.8 Å². The van der Waals surface area contributed by atoms with Crippen LogP contribution in [0.25, 0.3) is 5.65 Å². The Labute approximate surface area is 209 Å². The molecule has 4 rings (SSSR count). The lowest BCUT2D eigenvalue weighted by molar-refractivity contribution is -0.0171. The van der Waals surface area contributed by atoms with E-state index in [2.05, 4.69) is 20.4 Å². The third-order valence-electron chi connectivity index (χ3n) is 6.09. The Balaban J connectivity index is 1.75. The van der Waals surface area contributed by atoms with Gasteiger partial charge in [-0.25, -0.2) is 14.8 Å². The summed E-state index contributed by atoms with van der Waals surface area (Å²) < 4.78 is 17.8. The minimum Gasteiger partial charge on any atom is -0.480 e. The largest absolute Gasteiger partial charge is 0.480 e. The lowest BCUT2D eigenvalue weighted by Crippen LogP contribution is -2.35. The Hall–Kier alpha value is -3.73. The number of methoxy groups -OCH3 is 2. The molecule has 2 atom stereocenters. The number of carbonyl (C=O) groups is 2. The van der Waals surface area contributed by atoms with Gasteiger partial charge in [0.15, 0.2) is 11.4 Å². The first-order chi connectivity index (χ1) is 17.1. The van der Waals surface area contributed by atoms with Gasteiger partial charge in [-0.15, -0.1) is 0 Å². The molecule has 0 spiro atoms. The molecule has 36 heavy (non-hydrogen) atoms. The SMILES string of the molecule is COc1ncccc1Nc1cc(N(C)C(=O)OC(C)(C)C)n2ncc(C(=O)C[C@@H]3CC[C@H]3OC)c2n1. The predicted molar refractivity (Wildman–Crippen MR) is 134 cm³/mol. The zero-order valence-corrected chi connectivity index (χ0v) is 21.4. The van der Waals surface area contributed by atoms with Gasteiger partial charge < -0.3 is 19.5 Å². The Kier molecular flexibility index (Phi) is 7.11. The molecule has 0 unspecified atom stereocenters. The summed E-state index contributed by atoms with van der Waals surface area (Å²) in [4.78, 5) is 36.3. The number of ether oxygens (including phenoxy) is 3. The fraction of sp³-hybridized carbons (Fsp3) is 0.480. The number of hydrogen-bond donors (Lipinski definition) is 1. The minimum absolute atomic E-state index is 0.0776. The third kappa shape index (κ3) is 5.25. The number of pyridine rings is 1. The van der Waals surface area contributed by atoms with E-state index in [4.69, 9.17) is 14.2 Å². The molecule has 1 N–H and O–H groups in total. The lowest BCUT2D eigenvalue weighted by Gasteiger charge is -2.34. The molecule has 1 saturated carbocycles. The molecule has 3 aromatic rings. The molecular weight excluding hydrogens is 464 g/mol. The van der Waals surface area contributed by atoms with Crippen molar-refractivity contribution in [2.45, 2.75) is 51.7 Å². The van der Waals surface area contributed by atoms with E-state index in [0.717, 1.165) is 12.8 Å². The number of Topliss-reactive ketones (excluding diaryl/α,β-unsaturated/α-hetero) is 1. The number of carbonyl (C=O) groups excluding carboxylic acids is 2. The van der Waals surface area contributed by atoms with Crippen LogP contribution in [-0.4, -0.2) is 64.4 Å². The van der Waals surface area contributed by atoms with Gasteiger partial charge in [-0.3, -0.25) is 9.69 Å². The van der Waals surface area contributed by atoms with Crippen molar-refractivity contribution in [1.82, 2.24) is 19.6 Å². The van der Waals surface area contributed by atoms with Crippen LogP contribution in [0.4, 0.5) is 22.1 Å². The maximum absolute atomic E-state index is 13.3. The van der Waals surface area contributed by atoms with Gasteiger partial charge in [0.1, 0.15) is 22.9 Å². The maximum atomic E-state index is 13.3. The summed E-state index contributed by atoms with van der Waals surface area (Å²) in [6.07, 6.45) is 4.86. The highest BCUT2D eigenvalue weighted by atomic mass is 16.6. The number of amides is 1. The van der Waals surface area contributed by atoms with E-state index in [1.165, 1.54) is 22.7 Å². The second-order valence-corrected chi connectivity index (χ2v) is 9.76. The van der Waals surface area contributed by atoms with Crippen molar-refractivity contribution in [1.29, 1.82) is 0 Å². The van der Waals surface area contributed by atoms with Crippen molar-refractivity contribution in [2.24, 2.45) is 5.92 Å². The van der Waals surface area contributed by atoms with Crippen LogP contribution in [0.2, 0.25) is 0 Å². The fourth-order valence-electron chi connectivity index (χ4n) is 4.09. The number of hydrogen-bond acceptors (Lipinski definition) is 9. The van der Waals surface area contributed by atoms with Gasteiger partial charge in [-0.2, -0.15) is 9.61 Å². The summed E-state index contributed by atoms with van der Waals surface area (Å²) in [6.45, 7) is 5.38. The third-order valence-corrected chi connectivity index (χ3v) is 6.09. The van der Waals surface area contributed by atoms with Gasteiger partial charge in [0.05, 0.1) is 25.0 Å². The number of fused-ring (bicyclic) bond motifs is 1. The summed E-state index contributed by atoms with van der Waals surface area (Å²) in [5, 5.41) is 7.58. The minimum atomic E-state index is -0.687. The highest BCUT2D eigenvalue weighted by Crippen LogP contribution is 2.34. The topological polar surface area (TPSA) is 120 Å². The molecule has 0 saturated heterocycles. The van der Waals surface area contributed by atoms with Crippen molar-refractivity contribution in [3.8, 4) is 5.88 Å². The zero-order chi connectivity index (χ0) is 26.0. The monoisotopic (exact) mass is 496 g/mol. The molecule has 1 aliphatic carbocycles. The quantitative estimate of drug-likeness (QED) is 0.456. The van der Waals surface area contributed by atoms with E-state index in [1.54, 1.807) is 59.3 Å². The Morgan fingerprint density at radius 2 is 2.03 bits per heavy atom. The van der Waals surface area contributed by atoms with Gasteiger partial charge in [0, 0.05) is 32.8 Å². The summed E-state index contributed by atoms with van der Waals surface area (Å²) in [5.41, 5.74) is 0.588. The van der Waals surface area contributed by atoms with Crippen LogP contribution in [0.1, 0.15) is 50.4 Å². The number of anilines is 3. The molecule has 3 aromatic heterocycles. The number of aromatic nitrogens is 4. The van der Waals surface area contributed by atoms with E-state index in [1.807, 2.05) is 0 Å². The highest BCUT2D eigenvalue weighted by Gasteiger charge is 2.34. The first-order valence-corrected chi connectivity index (χ1v) is 11.8. The van der Waals surface area contributed by atoms with Crippen LogP contribution >= 0.6 is 0 Å². The number of ketones is 1. The Bertz CT molecular complexity index is 1270. The molecule has 0 aromatic carbocycles. The predicted octanol–water partition coefficient (Wildman–Crippen LogP) is 4.25. The van der Waals surface area contributed by atoms with Crippen LogP contribution in [0.3, 0.4) is 0 Å². The summed E-state index contributed by atoms with van der Waals surface area (Å²) in [7, 11) is 4.77. The van der Waals surface area contributed by atoms with Crippen molar-refractivity contribution in [3.05, 3.63) is 36.2 Å². The molecule has 1 fully saturated rings. The second kappa shape index (κ2) is 10.1. The number of rotatable bonds is 8. The normalized spacial score (nSPS) is 17.4. The Morgan fingerprint density at radius 3 is 2.67 bits per heavy atom. The summed E-state index contributed by atoms with van der Waals surface area (Å²) in [6, 6.07) is 5.20. The average molecular weight is 497 g/mol. The van der Waals surface area contributed by atoms with E-state index >= 15 is 0 Å². The standard InChI is InChI=1S/C25H32N6O5/c1-25(2,3)36-24(33)30(4)21-13-20(28-17-8-7-11-26-23(17)35-6)29-22-16(14-27-31(21)22)18(32)12-15-9-10-19(15)34-5/h7-8,11,13-15,19H,9-10,12H2,1-6H3,(H,28,29)/t15-,19+/m0/s1. The van der Waals surface area contributed by atoms with Crippen LogP contribution < -0.4 is 15.0 Å². The molecule has 1 aliphatic rings. The van der Waals surface area contributed by atoms with E-state index in [0.29, 0.717) is 40.8 Å². The average Bonchev–Trinajstić information content (AvgIpc) is 3.24. The smallest absolute Gasteiger partial charge is 0.415 e. The second-order valence-electron chi connectivity index (χ2n) is 9.76. The molecular formula is C25H32N6O5. The van der Waals surface area contributed by atoms with E-state index in [-0.39, 0.29) is 17.8 Å². The van der Waals surface area contributed by atoms with Crippen LogP contribution in [0.15, 0.2) is 30.6 Å². The number of nitrogens with zero attached hydrogens (tertiary/aromatic N) is 5. The van der Waals surface area contributed by atoms with Crippen molar-refractivity contribution in [2.75, 3.05) is 31.5 Å². The van der Waals surface area contributed by atoms with E-state index < -0.39 is 11.7 Å². The van der Waals surface area contributed by atoms with Gasteiger partial charge in [-0.1, -0.05) is 0 Å². The molecule has 192 valence electrons. The van der Waals surface area contributed by atoms with Gasteiger partial charge in [0.25, 0.3) is 0 Å². The first kappa shape index (κ1) is 25.4. The van der Waals surface area contributed by atoms with Gasteiger partial charge in [-0.05, 0) is 51.7 Å². The fourth-order valence-corrected chi connectivity index (χ4v) is 4.09. The van der Waals surface area contributed by atoms with Crippen LogP contribution in [0, 0.1) is 5.92 Å². The number of nitrogens with one attached hydrogen (secondary N) is 1. The van der Waals surface area contributed by atoms with Crippen LogP contribution in [0.5, 0.6) is 5.88 Å². The van der Waals surface area contributed by atoms with E-state index in [9.17, 15) is 9.59 Å². The summed E-state index contributed by atoms with van der Waals surface area (Å²) >= 11 is 0. The van der Waals surface area contributed by atoms with Crippen molar-refractivity contribution in [3.63, 3.8) is 0 Å². The van der Waals surface area contributed by atoms with Gasteiger partial charge >= 0.3 is 6.09 Å². The molecule has 3 heterocycles. The lowest BCUT2D eigenvalue weighted by atomic mass is 9.78. The first-order valence-electron chi connectivity index (χ1n) is 11.8. The van der Waals surface area contributed by atoms with Crippen molar-refractivity contribution < 1.29 is 23.8 Å². The van der Waals surface area contributed by atoms with Gasteiger partial charge in [0.2, 0.25) is 5.88 Å². The highest BCUT2D eigenvalue weighted by molar-refractivity contribution is 6.02. The van der Waals surface area contributed by atoms with Crippen LogP contribution in [-0.2, 0) is 9.47 Å². The molecule has 0 radical (unpaired) electrons. The summed E-state index contributed by atoms with van der Waals surface area (Å²) in [5.74, 6) is 1.22. The molecule has 1 amide bonds. The maximum Gasteiger partial charge on any atom is 0.415 e. The Morgan fingerprint density at radius 1 is 1.25 bits per heavy atom. The molecule has 0 bridgehead atoms. The zero-order valence-electron chi connectivity index (χ0n) is 21.4.